The molecule has 2 aromatic rings. The Bertz CT molecular complexity index is 854. The van der Waals surface area contributed by atoms with Crippen LogP contribution >= 0.6 is 0 Å². The second kappa shape index (κ2) is 6.53. The van der Waals surface area contributed by atoms with E-state index in [1.807, 2.05) is 35.9 Å². The zero-order valence-electron chi connectivity index (χ0n) is 14.2. The standard InChI is InChI=1S/C18H23N3O2S/c1-13-18(16-9-10-17(11-16)20-24(3,22)23)14(2)21(19-13)12-15-7-5-4-6-8-15/h4-10,16-17,20H,11-12H2,1-3H3/t16-,17-/m1/s1. The Hall–Kier alpha value is -1.92. The van der Waals surface area contributed by atoms with Gasteiger partial charge in [-0.3, -0.25) is 4.68 Å². The molecule has 1 aliphatic carbocycles. The second-order valence-electron chi connectivity index (χ2n) is 6.45. The van der Waals surface area contributed by atoms with E-state index in [0.717, 1.165) is 24.4 Å². The van der Waals surface area contributed by atoms with Crippen LogP contribution < -0.4 is 4.72 Å². The number of sulfonamides is 1. The first-order valence-electron chi connectivity index (χ1n) is 8.07. The molecule has 0 spiro atoms. The van der Waals surface area contributed by atoms with Gasteiger partial charge in [0.2, 0.25) is 10.0 Å². The Labute approximate surface area is 143 Å². The molecule has 0 aliphatic heterocycles. The summed E-state index contributed by atoms with van der Waals surface area (Å²) in [6.07, 6.45) is 5.97. The molecule has 0 amide bonds. The number of nitrogens with one attached hydrogen (secondary N) is 1. The lowest BCUT2D eigenvalue weighted by Gasteiger charge is -2.13. The van der Waals surface area contributed by atoms with Gasteiger partial charge in [-0.2, -0.15) is 5.10 Å². The summed E-state index contributed by atoms with van der Waals surface area (Å²) in [5, 5.41) is 4.69. The topological polar surface area (TPSA) is 64.0 Å². The molecule has 5 nitrogen and oxygen atoms in total. The van der Waals surface area contributed by atoms with Gasteiger partial charge in [0.05, 0.1) is 18.5 Å². The molecule has 128 valence electrons. The first-order chi connectivity index (χ1) is 11.3. The molecule has 0 fully saturated rings. The van der Waals surface area contributed by atoms with Gasteiger partial charge in [-0.05, 0) is 25.8 Å². The van der Waals surface area contributed by atoms with Gasteiger partial charge in [0.15, 0.2) is 0 Å². The highest BCUT2D eigenvalue weighted by Crippen LogP contribution is 2.33. The van der Waals surface area contributed by atoms with Crippen molar-refractivity contribution >= 4 is 10.0 Å². The van der Waals surface area contributed by atoms with Gasteiger partial charge in [0, 0.05) is 23.2 Å². The van der Waals surface area contributed by atoms with Crippen LogP contribution in [-0.4, -0.2) is 30.5 Å². The molecule has 0 bridgehead atoms. The molecule has 0 saturated carbocycles. The Balaban J connectivity index is 1.79. The number of nitrogens with zero attached hydrogens (tertiary/aromatic N) is 2. The van der Waals surface area contributed by atoms with Crippen molar-refractivity contribution in [1.29, 1.82) is 0 Å². The maximum atomic E-state index is 11.4. The van der Waals surface area contributed by atoms with Crippen LogP contribution in [0.1, 0.15) is 34.9 Å². The highest BCUT2D eigenvalue weighted by Gasteiger charge is 2.27. The van der Waals surface area contributed by atoms with Gasteiger partial charge in [0.25, 0.3) is 0 Å². The van der Waals surface area contributed by atoms with E-state index in [-0.39, 0.29) is 12.0 Å². The maximum absolute atomic E-state index is 11.4. The van der Waals surface area contributed by atoms with Crippen molar-refractivity contribution in [2.75, 3.05) is 6.26 Å². The summed E-state index contributed by atoms with van der Waals surface area (Å²) < 4.78 is 27.5. The van der Waals surface area contributed by atoms with E-state index in [0.29, 0.717) is 0 Å². The van der Waals surface area contributed by atoms with Crippen LogP contribution in [0.25, 0.3) is 0 Å². The molecule has 0 saturated heterocycles. The Morgan fingerprint density at radius 3 is 2.58 bits per heavy atom. The highest BCUT2D eigenvalue weighted by atomic mass is 32.2. The van der Waals surface area contributed by atoms with Crippen LogP contribution in [0.3, 0.4) is 0 Å². The lowest BCUT2D eigenvalue weighted by atomic mass is 9.96. The molecule has 1 N–H and O–H groups in total. The predicted octanol–water partition coefficient (Wildman–Crippen LogP) is 2.51. The van der Waals surface area contributed by atoms with E-state index >= 15 is 0 Å². The summed E-state index contributed by atoms with van der Waals surface area (Å²) in [5.74, 6) is 0.203. The quantitative estimate of drug-likeness (QED) is 0.847. The largest absolute Gasteiger partial charge is 0.265 e. The molecule has 0 radical (unpaired) electrons. The van der Waals surface area contributed by atoms with Crippen molar-refractivity contribution in [1.82, 2.24) is 14.5 Å². The minimum absolute atomic E-state index is 0.138. The van der Waals surface area contributed by atoms with Crippen LogP contribution in [0.4, 0.5) is 0 Å². The summed E-state index contributed by atoms with van der Waals surface area (Å²) >= 11 is 0. The van der Waals surface area contributed by atoms with Crippen LogP contribution in [0.5, 0.6) is 0 Å². The van der Waals surface area contributed by atoms with Gasteiger partial charge < -0.3 is 0 Å². The zero-order chi connectivity index (χ0) is 17.3. The third kappa shape index (κ3) is 3.76. The Morgan fingerprint density at radius 2 is 1.92 bits per heavy atom. The van der Waals surface area contributed by atoms with Gasteiger partial charge in [0.1, 0.15) is 0 Å². The van der Waals surface area contributed by atoms with E-state index in [1.54, 1.807) is 0 Å². The van der Waals surface area contributed by atoms with Gasteiger partial charge >= 0.3 is 0 Å². The molecule has 1 aliphatic rings. The normalized spacial score (nSPS) is 20.6. The van der Waals surface area contributed by atoms with E-state index in [2.05, 4.69) is 29.9 Å². The summed E-state index contributed by atoms with van der Waals surface area (Å²) in [7, 11) is -3.19. The molecular formula is C18H23N3O2S. The molecule has 2 atom stereocenters. The predicted molar refractivity (Wildman–Crippen MR) is 95.5 cm³/mol. The smallest absolute Gasteiger partial charge is 0.209 e. The van der Waals surface area contributed by atoms with Crippen LogP contribution in [0.2, 0.25) is 0 Å². The van der Waals surface area contributed by atoms with Gasteiger partial charge in [-0.25, -0.2) is 13.1 Å². The number of rotatable bonds is 5. The van der Waals surface area contributed by atoms with Gasteiger partial charge in [-0.15, -0.1) is 0 Å². The zero-order valence-corrected chi connectivity index (χ0v) is 15.0. The average Bonchev–Trinajstić information content (AvgIpc) is 3.03. The van der Waals surface area contributed by atoms with Crippen LogP contribution in [-0.2, 0) is 16.6 Å². The van der Waals surface area contributed by atoms with Crippen molar-refractivity contribution < 1.29 is 8.42 Å². The summed E-state index contributed by atoms with van der Waals surface area (Å²) in [4.78, 5) is 0. The van der Waals surface area contributed by atoms with E-state index in [4.69, 9.17) is 5.10 Å². The number of benzene rings is 1. The highest BCUT2D eigenvalue weighted by molar-refractivity contribution is 7.88. The average molecular weight is 345 g/mol. The van der Waals surface area contributed by atoms with Crippen molar-refractivity contribution in [3.63, 3.8) is 0 Å². The number of allylic oxidation sites excluding steroid dienone is 1. The summed E-state index contributed by atoms with van der Waals surface area (Å²) in [6, 6.07) is 10.1. The molecule has 24 heavy (non-hydrogen) atoms. The first kappa shape index (κ1) is 16.9. The number of hydrogen-bond donors (Lipinski definition) is 1. The van der Waals surface area contributed by atoms with E-state index in [1.165, 1.54) is 17.4 Å². The molecule has 1 heterocycles. The fourth-order valence-corrected chi connectivity index (χ4v) is 4.16. The third-order valence-electron chi connectivity index (χ3n) is 4.43. The van der Waals surface area contributed by atoms with E-state index < -0.39 is 10.0 Å². The minimum atomic E-state index is -3.19. The minimum Gasteiger partial charge on any atom is -0.265 e. The second-order valence-corrected chi connectivity index (χ2v) is 8.23. The number of aromatic nitrogens is 2. The van der Waals surface area contributed by atoms with Crippen molar-refractivity contribution in [3.05, 3.63) is 65.0 Å². The number of hydrogen-bond acceptors (Lipinski definition) is 3. The van der Waals surface area contributed by atoms with E-state index in [9.17, 15) is 8.42 Å². The molecule has 0 unspecified atom stereocenters. The Kier molecular flexibility index (Phi) is 4.60. The van der Waals surface area contributed by atoms with Crippen molar-refractivity contribution in [2.24, 2.45) is 0 Å². The molecule has 1 aromatic carbocycles. The SMILES string of the molecule is Cc1nn(Cc2ccccc2)c(C)c1[C@@H]1C=C[C@@H](NS(C)(=O)=O)C1. The molecule has 1 aromatic heterocycles. The summed E-state index contributed by atoms with van der Waals surface area (Å²) in [5.41, 5.74) is 4.58. The van der Waals surface area contributed by atoms with Gasteiger partial charge in [-0.1, -0.05) is 42.5 Å². The lowest BCUT2D eigenvalue weighted by Crippen LogP contribution is -2.31. The number of aryl methyl sites for hydroxylation is 1. The summed E-state index contributed by atoms with van der Waals surface area (Å²) in [6.45, 7) is 4.85. The van der Waals surface area contributed by atoms with Crippen molar-refractivity contribution in [3.8, 4) is 0 Å². The van der Waals surface area contributed by atoms with Crippen molar-refractivity contribution in [2.45, 2.75) is 38.8 Å². The molecule has 6 heteroatoms. The fraction of sp³-hybridized carbons (Fsp3) is 0.389. The van der Waals surface area contributed by atoms with Crippen LogP contribution in [0.15, 0.2) is 42.5 Å². The molecular weight excluding hydrogens is 322 g/mol. The first-order valence-corrected chi connectivity index (χ1v) is 9.96. The van der Waals surface area contributed by atoms with Crippen LogP contribution in [0, 0.1) is 13.8 Å². The Morgan fingerprint density at radius 1 is 1.21 bits per heavy atom. The third-order valence-corrected chi connectivity index (χ3v) is 5.16. The fourth-order valence-electron chi connectivity index (χ4n) is 3.43. The maximum Gasteiger partial charge on any atom is 0.209 e. The monoisotopic (exact) mass is 345 g/mol. The lowest BCUT2D eigenvalue weighted by molar-refractivity contribution is 0.569. The molecule has 3 rings (SSSR count).